The van der Waals surface area contributed by atoms with Crippen molar-refractivity contribution >= 4 is 5.97 Å². The van der Waals surface area contributed by atoms with Crippen molar-refractivity contribution < 1.29 is 23.4 Å². The van der Waals surface area contributed by atoms with Crippen LogP contribution < -0.4 is 4.74 Å². The van der Waals surface area contributed by atoms with Gasteiger partial charge in [0.1, 0.15) is 6.61 Å². The standard InChI is InChI=1S/C14H11F2NO3/c1-8-3-2-4-17-12(8)7-20-13-10(15)5-9(14(18)19)6-11(13)16/h2-6H,7H2,1H3,(H,18,19). The van der Waals surface area contributed by atoms with Crippen molar-refractivity contribution in [3.8, 4) is 5.75 Å². The van der Waals surface area contributed by atoms with Gasteiger partial charge in [-0.2, -0.15) is 0 Å². The molecule has 0 radical (unpaired) electrons. The molecule has 4 nitrogen and oxygen atoms in total. The summed E-state index contributed by atoms with van der Waals surface area (Å²) in [5, 5.41) is 8.68. The molecule has 0 bridgehead atoms. The van der Waals surface area contributed by atoms with Gasteiger partial charge in [-0.15, -0.1) is 0 Å². The number of carboxylic acids is 1. The molecule has 2 aromatic rings. The molecule has 6 heteroatoms. The fourth-order valence-electron chi connectivity index (χ4n) is 1.63. The molecule has 1 aromatic heterocycles. The Morgan fingerprint density at radius 1 is 1.35 bits per heavy atom. The molecule has 0 saturated carbocycles. The average Bonchev–Trinajstić information content (AvgIpc) is 2.39. The van der Waals surface area contributed by atoms with E-state index in [1.807, 2.05) is 0 Å². The van der Waals surface area contributed by atoms with E-state index >= 15 is 0 Å². The Morgan fingerprint density at radius 3 is 2.55 bits per heavy atom. The quantitative estimate of drug-likeness (QED) is 0.934. The van der Waals surface area contributed by atoms with E-state index in [4.69, 9.17) is 9.84 Å². The van der Waals surface area contributed by atoms with Crippen LogP contribution in [0.4, 0.5) is 8.78 Å². The summed E-state index contributed by atoms with van der Waals surface area (Å²) in [6.07, 6.45) is 1.55. The summed E-state index contributed by atoms with van der Waals surface area (Å²) in [6.45, 7) is 1.69. The van der Waals surface area contributed by atoms with Gasteiger partial charge in [0.05, 0.1) is 11.3 Å². The highest BCUT2D eigenvalue weighted by Gasteiger charge is 2.16. The summed E-state index contributed by atoms with van der Waals surface area (Å²) in [5.74, 6) is -4.14. The fourth-order valence-corrected chi connectivity index (χ4v) is 1.63. The topological polar surface area (TPSA) is 59.4 Å². The lowest BCUT2D eigenvalue weighted by Crippen LogP contribution is -2.05. The number of hydrogen-bond donors (Lipinski definition) is 1. The van der Waals surface area contributed by atoms with E-state index in [-0.39, 0.29) is 6.61 Å². The predicted molar refractivity (Wildman–Crippen MR) is 66.6 cm³/mol. The van der Waals surface area contributed by atoms with Crippen molar-refractivity contribution in [2.75, 3.05) is 0 Å². The normalized spacial score (nSPS) is 10.3. The van der Waals surface area contributed by atoms with Crippen LogP contribution in [-0.4, -0.2) is 16.1 Å². The van der Waals surface area contributed by atoms with Crippen LogP contribution in [0.5, 0.6) is 5.75 Å². The number of aryl methyl sites for hydroxylation is 1. The maximum absolute atomic E-state index is 13.6. The minimum Gasteiger partial charge on any atom is -0.481 e. The van der Waals surface area contributed by atoms with E-state index in [2.05, 4.69) is 4.98 Å². The molecule has 1 N–H and O–H groups in total. The Morgan fingerprint density at radius 2 is 2.00 bits per heavy atom. The molecule has 0 amide bonds. The minimum absolute atomic E-state index is 0.104. The molecule has 1 heterocycles. The Labute approximate surface area is 113 Å². The summed E-state index contributed by atoms with van der Waals surface area (Å²) < 4.78 is 32.3. The summed E-state index contributed by atoms with van der Waals surface area (Å²) in [4.78, 5) is 14.7. The van der Waals surface area contributed by atoms with E-state index in [0.717, 1.165) is 5.56 Å². The van der Waals surface area contributed by atoms with Crippen LogP contribution in [0.2, 0.25) is 0 Å². The van der Waals surface area contributed by atoms with Crippen molar-refractivity contribution in [1.82, 2.24) is 4.98 Å². The molecule has 104 valence electrons. The highest BCUT2D eigenvalue weighted by molar-refractivity contribution is 5.87. The van der Waals surface area contributed by atoms with Gasteiger partial charge in [-0.3, -0.25) is 4.98 Å². The molecule has 0 spiro atoms. The van der Waals surface area contributed by atoms with Crippen LogP contribution >= 0.6 is 0 Å². The molecule has 0 fully saturated rings. The molecule has 2 rings (SSSR count). The Balaban J connectivity index is 2.22. The number of rotatable bonds is 4. The van der Waals surface area contributed by atoms with Gasteiger partial charge in [0.25, 0.3) is 0 Å². The number of aromatic nitrogens is 1. The van der Waals surface area contributed by atoms with Gasteiger partial charge >= 0.3 is 5.97 Å². The van der Waals surface area contributed by atoms with Crippen molar-refractivity contribution in [3.05, 3.63) is 58.9 Å². The van der Waals surface area contributed by atoms with Crippen molar-refractivity contribution in [2.45, 2.75) is 13.5 Å². The SMILES string of the molecule is Cc1cccnc1COc1c(F)cc(C(=O)O)cc1F. The lowest BCUT2D eigenvalue weighted by atomic mass is 10.2. The van der Waals surface area contributed by atoms with Gasteiger partial charge in [0.15, 0.2) is 17.4 Å². The third kappa shape index (κ3) is 2.90. The van der Waals surface area contributed by atoms with E-state index in [1.165, 1.54) is 0 Å². The molecular formula is C14H11F2NO3. The van der Waals surface area contributed by atoms with Gasteiger partial charge in [0, 0.05) is 6.20 Å². The van der Waals surface area contributed by atoms with Crippen LogP contribution in [0.25, 0.3) is 0 Å². The first-order valence-corrected chi connectivity index (χ1v) is 5.74. The van der Waals surface area contributed by atoms with E-state index in [0.29, 0.717) is 17.8 Å². The maximum atomic E-state index is 13.6. The van der Waals surface area contributed by atoms with Gasteiger partial charge in [-0.05, 0) is 30.7 Å². The number of nitrogens with zero attached hydrogens (tertiary/aromatic N) is 1. The number of carbonyl (C=O) groups is 1. The highest BCUT2D eigenvalue weighted by atomic mass is 19.1. The number of aromatic carboxylic acids is 1. The smallest absolute Gasteiger partial charge is 0.335 e. The summed E-state index contributed by atoms with van der Waals surface area (Å²) in [7, 11) is 0. The predicted octanol–water partition coefficient (Wildman–Crippen LogP) is 2.95. The molecule has 0 aliphatic rings. The molecule has 20 heavy (non-hydrogen) atoms. The molecule has 0 atom stereocenters. The number of halogens is 2. The van der Waals surface area contributed by atoms with Crippen molar-refractivity contribution in [3.63, 3.8) is 0 Å². The molecule has 1 aromatic carbocycles. The first-order valence-electron chi connectivity index (χ1n) is 5.74. The van der Waals surface area contributed by atoms with Crippen LogP contribution in [0, 0.1) is 18.6 Å². The minimum atomic E-state index is -1.41. The zero-order chi connectivity index (χ0) is 14.7. The number of ether oxygens (including phenoxy) is 1. The van der Waals surface area contributed by atoms with Gasteiger partial charge in [-0.1, -0.05) is 6.07 Å². The summed E-state index contributed by atoms with van der Waals surface area (Å²) >= 11 is 0. The van der Waals surface area contributed by atoms with E-state index < -0.39 is 28.9 Å². The Bertz CT molecular complexity index is 636. The van der Waals surface area contributed by atoms with Crippen LogP contribution in [-0.2, 0) is 6.61 Å². The summed E-state index contributed by atoms with van der Waals surface area (Å²) in [6, 6.07) is 4.96. The third-order valence-electron chi connectivity index (χ3n) is 2.72. The second-order valence-electron chi connectivity index (χ2n) is 4.13. The second kappa shape index (κ2) is 5.64. The lowest BCUT2D eigenvalue weighted by molar-refractivity contribution is 0.0695. The molecule has 0 aliphatic carbocycles. The zero-order valence-corrected chi connectivity index (χ0v) is 10.6. The first kappa shape index (κ1) is 13.9. The third-order valence-corrected chi connectivity index (χ3v) is 2.72. The first-order chi connectivity index (χ1) is 9.49. The largest absolute Gasteiger partial charge is 0.481 e. The maximum Gasteiger partial charge on any atom is 0.335 e. The lowest BCUT2D eigenvalue weighted by Gasteiger charge is -2.10. The zero-order valence-electron chi connectivity index (χ0n) is 10.6. The highest BCUT2D eigenvalue weighted by Crippen LogP contribution is 2.24. The van der Waals surface area contributed by atoms with Crippen LogP contribution in [0.1, 0.15) is 21.6 Å². The number of hydrogen-bond acceptors (Lipinski definition) is 3. The van der Waals surface area contributed by atoms with E-state index in [1.54, 1.807) is 25.3 Å². The Hall–Kier alpha value is -2.50. The van der Waals surface area contributed by atoms with Gasteiger partial charge in [0.2, 0.25) is 0 Å². The number of pyridine rings is 1. The van der Waals surface area contributed by atoms with Crippen LogP contribution in [0.3, 0.4) is 0 Å². The average molecular weight is 279 g/mol. The molecular weight excluding hydrogens is 268 g/mol. The fraction of sp³-hybridized carbons (Fsp3) is 0.143. The van der Waals surface area contributed by atoms with Crippen LogP contribution in [0.15, 0.2) is 30.5 Å². The van der Waals surface area contributed by atoms with Crippen molar-refractivity contribution in [1.29, 1.82) is 0 Å². The molecule has 0 aliphatic heterocycles. The molecule has 0 saturated heterocycles. The van der Waals surface area contributed by atoms with E-state index in [9.17, 15) is 13.6 Å². The number of carboxylic acid groups (broad SMARTS) is 1. The molecule has 0 unspecified atom stereocenters. The number of benzene rings is 1. The Kier molecular flexibility index (Phi) is 3.93. The van der Waals surface area contributed by atoms with Crippen molar-refractivity contribution in [2.24, 2.45) is 0 Å². The second-order valence-corrected chi connectivity index (χ2v) is 4.13. The summed E-state index contributed by atoms with van der Waals surface area (Å²) in [5.41, 5.74) is 0.908. The van der Waals surface area contributed by atoms with Gasteiger partial charge in [-0.25, -0.2) is 13.6 Å². The van der Waals surface area contributed by atoms with Gasteiger partial charge < -0.3 is 9.84 Å². The monoisotopic (exact) mass is 279 g/mol.